The van der Waals surface area contributed by atoms with Crippen LogP contribution in [0.2, 0.25) is 5.02 Å². The first-order chi connectivity index (χ1) is 13.5. The third-order valence-corrected chi connectivity index (χ3v) is 4.91. The van der Waals surface area contributed by atoms with Crippen LogP contribution >= 0.6 is 11.6 Å². The first-order valence-corrected chi connectivity index (χ1v) is 9.52. The van der Waals surface area contributed by atoms with Gasteiger partial charge < -0.3 is 9.14 Å². The molecule has 3 heterocycles. The largest absolute Gasteiger partial charge is 0.465 e. The molecular formula is C21H21ClN4O2. The molecular weight excluding hydrogens is 376 g/mol. The Labute approximate surface area is 167 Å². The van der Waals surface area contributed by atoms with Gasteiger partial charge in [-0.05, 0) is 35.7 Å². The highest BCUT2D eigenvalue weighted by atomic mass is 35.5. The maximum Gasteiger partial charge on any atom is 0.337 e. The lowest BCUT2D eigenvalue weighted by Crippen LogP contribution is -2.08. The smallest absolute Gasteiger partial charge is 0.337 e. The Morgan fingerprint density at radius 2 is 2.07 bits per heavy atom. The van der Waals surface area contributed by atoms with Crippen molar-refractivity contribution in [3.63, 3.8) is 0 Å². The number of hydrogen-bond acceptors (Lipinski definition) is 4. The van der Waals surface area contributed by atoms with Gasteiger partial charge >= 0.3 is 5.97 Å². The van der Waals surface area contributed by atoms with E-state index in [0.717, 1.165) is 34.4 Å². The predicted octanol–water partition coefficient (Wildman–Crippen LogP) is 4.37. The molecule has 0 unspecified atom stereocenters. The summed E-state index contributed by atoms with van der Waals surface area (Å²) in [6, 6.07) is 7.43. The summed E-state index contributed by atoms with van der Waals surface area (Å²) in [6.45, 7) is 5.18. The summed E-state index contributed by atoms with van der Waals surface area (Å²) in [5.74, 6) is 0.988. The van der Waals surface area contributed by atoms with Gasteiger partial charge in [0.05, 0.1) is 36.1 Å². The molecule has 28 heavy (non-hydrogen) atoms. The minimum atomic E-state index is -0.362. The molecule has 0 saturated carbocycles. The molecule has 0 atom stereocenters. The van der Waals surface area contributed by atoms with Crippen molar-refractivity contribution in [1.82, 2.24) is 19.2 Å². The van der Waals surface area contributed by atoms with Crippen LogP contribution in [0, 0.1) is 5.92 Å². The summed E-state index contributed by atoms with van der Waals surface area (Å²) < 4.78 is 8.80. The number of fused-ring (bicyclic) bond motifs is 2. The number of carbonyl (C=O) groups is 1. The number of ether oxygens (including phenoxy) is 1. The molecule has 0 saturated heterocycles. The van der Waals surface area contributed by atoms with E-state index in [-0.39, 0.29) is 5.97 Å². The minimum absolute atomic E-state index is 0.362. The second kappa shape index (κ2) is 7.28. The fourth-order valence-corrected chi connectivity index (χ4v) is 3.75. The standard InChI is InChI=1S/C21H21ClN4O2/c1-13(2)12-26-20-15(6-17(22)7-16(20)10-24-26)9-19-23-11-18-8-14(21(27)28-3)4-5-25(18)19/h4-8,10-11,13H,9,12H2,1-3H3. The summed E-state index contributed by atoms with van der Waals surface area (Å²) in [5.41, 5.74) is 3.50. The molecule has 0 aliphatic carbocycles. The SMILES string of the molecule is COC(=O)c1ccn2c(Cc3cc(Cl)cc4cnn(CC(C)C)c34)ncc2c1. The number of nitrogens with zero attached hydrogens (tertiary/aromatic N) is 4. The molecule has 6 nitrogen and oxygen atoms in total. The van der Waals surface area contributed by atoms with E-state index in [2.05, 4.69) is 23.9 Å². The van der Waals surface area contributed by atoms with Gasteiger partial charge in [0.15, 0.2) is 0 Å². The lowest BCUT2D eigenvalue weighted by atomic mass is 10.1. The van der Waals surface area contributed by atoms with E-state index >= 15 is 0 Å². The third-order valence-electron chi connectivity index (χ3n) is 4.69. The van der Waals surface area contributed by atoms with Crippen LogP contribution in [-0.2, 0) is 17.7 Å². The predicted molar refractivity (Wildman–Crippen MR) is 109 cm³/mol. The molecule has 144 valence electrons. The zero-order chi connectivity index (χ0) is 19.8. The monoisotopic (exact) mass is 396 g/mol. The molecule has 0 fully saturated rings. The van der Waals surface area contributed by atoms with E-state index in [1.54, 1.807) is 18.3 Å². The average molecular weight is 397 g/mol. The molecule has 3 aromatic heterocycles. The maximum absolute atomic E-state index is 11.8. The Morgan fingerprint density at radius 3 is 2.82 bits per heavy atom. The maximum atomic E-state index is 11.8. The number of carbonyl (C=O) groups excluding carboxylic acids is 1. The molecule has 0 N–H and O–H groups in total. The van der Waals surface area contributed by atoms with Crippen LogP contribution in [0.15, 0.2) is 42.9 Å². The van der Waals surface area contributed by atoms with Gasteiger partial charge in [0, 0.05) is 29.6 Å². The minimum Gasteiger partial charge on any atom is -0.465 e. The fraction of sp³-hybridized carbons (Fsp3) is 0.286. The van der Waals surface area contributed by atoms with Gasteiger partial charge in [-0.15, -0.1) is 0 Å². The van der Waals surface area contributed by atoms with E-state index in [1.165, 1.54) is 7.11 Å². The lowest BCUT2D eigenvalue weighted by Gasteiger charge is -2.11. The fourth-order valence-electron chi connectivity index (χ4n) is 3.50. The summed E-state index contributed by atoms with van der Waals surface area (Å²) in [5, 5.41) is 6.25. The first-order valence-electron chi connectivity index (χ1n) is 9.14. The normalized spacial score (nSPS) is 11.6. The Bertz CT molecular complexity index is 1180. The number of rotatable bonds is 5. The van der Waals surface area contributed by atoms with Crippen LogP contribution in [0.1, 0.15) is 35.6 Å². The van der Waals surface area contributed by atoms with Crippen molar-refractivity contribution < 1.29 is 9.53 Å². The zero-order valence-electron chi connectivity index (χ0n) is 16.0. The average Bonchev–Trinajstić information content (AvgIpc) is 3.24. The van der Waals surface area contributed by atoms with E-state index in [1.807, 2.05) is 33.6 Å². The van der Waals surface area contributed by atoms with Gasteiger partial charge in [-0.3, -0.25) is 4.68 Å². The lowest BCUT2D eigenvalue weighted by molar-refractivity contribution is 0.0600. The Morgan fingerprint density at radius 1 is 1.25 bits per heavy atom. The molecule has 0 bridgehead atoms. The van der Waals surface area contributed by atoms with Crippen molar-refractivity contribution in [3.8, 4) is 0 Å². The van der Waals surface area contributed by atoms with Crippen LogP contribution in [0.4, 0.5) is 0 Å². The van der Waals surface area contributed by atoms with Gasteiger partial charge in [-0.25, -0.2) is 9.78 Å². The van der Waals surface area contributed by atoms with E-state index in [9.17, 15) is 4.79 Å². The van der Waals surface area contributed by atoms with Crippen molar-refractivity contribution >= 4 is 34.0 Å². The van der Waals surface area contributed by atoms with Crippen LogP contribution < -0.4 is 0 Å². The van der Waals surface area contributed by atoms with Crippen molar-refractivity contribution in [2.45, 2.75) is 26.8 Å². The number of pyridine rings is 1. The second-order valence-corrected chi connectivity index (χ2v) is 7.71. The molecule has 0 radical (unpaired) electrons. The van der Waals surface area contributed by atoms with Gasteiger partial charge in [-0.1, -0.05) is 25.4 Å². The van der Waals surface area contributed by atoms with Gasteiger partial charge in [0.1, 0.15) is 5.82 Å². The third kappa shape index (κ3) is 3.36. The Balaban J connectivity index is 1.77. The first kappa shape index (κ1) is 18.5. The number of benzene rings is 1. The van der Waals surface area contributed by atoms with E-state index < -0.39 is 0 Å². The number of imidazole rings is 1. The quantitative estimate of drug-likeness (QED) is 0.470. The summed E-state index contributed by atoms with van der Waals surface area (Å²) in [7, 11) is 1.37. The van der Waals surface area contributed by atoms with Crippen LogP contribution in [-0.4, -0.2) is 32.2 Å². The molecule has 0 aliphatic heterocycles. The number of methoxy groups -OCH3 is 1. The summed E-state index contributed by atoms with van der Waals surface area (Å²) >= 11 is 6.35. The molecule has 0 aliphatic rings. The molecule has 4 rings (SSSR count). The Hall–Kier alpha value is -2.86. The van der Waals surface area contributed by atoms with E-state index in [0.29, 0.717) is 22.9 Å². The molecule has 4 aromatic rings. The van der Waals surface area contributed by atoms with Crippen molar-refractivity contribution in [3.05, 3.63) is 64.8 Å². The Kier molecular flexibility index (Phi) is 4.81. The highest BCUT2D eigenvalue weighted by molar-refractivity contribution is 6.31. The van der Waals surface area contributed by atoms with Crippen molar-refractivity contribution in [2.24, 2.45) is 5.92 Å². The highest BCUT2D eigenvalue weighted by Crippen LogP contribution is 2.27. The van der Waals surface area contributed by atoms with Crippen LogP contribution in [0.25, 0.3) is 16.4 Å². The zero-order valence-corrected chi connectivity index (χ0v) is 16.8. The van der Waals surface area contributed by atoms with Gasteiger partial charge in [0.2, 0.25) is 0 Å². The number of halogens is 1. The van der Waals surface area contributed by atoms with Crippen LogP contribution in [0.5, 0.6) is 0 Å². The number of esters is 1. The summed E-state index contributed by atoms with van der Waals surface area (Å²) in [6.07, 6.45) is 6.07. The second-order valence-electron chi connectivity index (χ2n) is 7.28. The topological polar surface area (TPSA) is 61.4 Å². The van der Waals surface area contributed by atoms with E-state index in [4.69, 9.17) is 16.3 Å². The number of aromatic nitrogens is 4. The number of hydrogen-bond donors (Lipinski definition) is 0. The van der Waals surface area contributed by atoms with Gasteiger partial charge in [0.25, 0.3) is 0 Å². The van der Waals surface area contributed by atoms with Crippen molar-refractivity contribution in [2.75, 3.05) is 7.11 Å². The van der Waals surface area contributed by atoms with Gasteiger partial charge in [-0.2, -0.15) is 5.10 Å². The molecule has 1 aromatic carbocycles. The van der Waals surface area contributed by atoms with Crippen molar-refractivity contribution in [1.29, 1.82) is 0 Å². The molecule has 7 heteroatoms. The highest BCUT2D eigenvalue weighted by Gasteiger charge is 2.15. The summed E-state index contributed by atoms with van der Waals surface area (Å²) in [4.78, 5) is 16.3. The van der Waals surface area contributed by atoms with Crippen LogP contribution in [0.3, 0.4) is 0 Å². The molecule has 0 spiro atoms. The molecule has 0 amide bonds.